The molecule has 0 spiro atoms. The Morgan fingerprint density at radius 1 is 1.44 bits per heavy atom. The number of hydrogen-bond acceptors (Lipinski definition) is 2. The summed E-state index contributed by atoms with van der Waals surface area (Å²) in [5, 5.41) is -0.0438. The van der Waals surface area contributed by atoms with Gasteiger partial charge in [0.15, 0.2) is 0 Å². The summed E-state index contributed by atoms with van der Waals surface area (Å²) < 4.78 is 39.7. The normalized spacial score (nSPS) is 26.7. The van der Waals surface area contributed by atoms with Crippen LogP contribution in [0.25, 0.3) is 0 Å². The number of benzene rings is 1. The van der Waals surface area contributed by atoms with Crippen LogP contribution in [0.4, 0.5) is 4.39 Å². The Hall–Kier alpha value is -0.650. The lowest BCUT2D eigenvalue weighted by Gasteiger charge is -2.48. The second kappa shape index (κ2) is 4.47. The summed E-state index contributed by atoms with van der Waals surface area (Å²) in [6.45, 7) is 3.82. The molecule has 2 unspecified atom stereocenters. The molecule has 0 bridgehead atoms. The summed E-state index contributed by atoms with van der Waals surface area (Å²) >= 11 is 6.04. The Kier molecular flexibility index (Phi) is 3.42. The monoisotopic (exact) mass is 291 g/mol. The van der Waals surface area contributed by atoms with E-state index in [4.69, 9.17) is 11.6 Å². The molecule has 0 saturated heterocycles. The molecule has 1 fully saturated rings. The first-order chi connectivity index (χ1) is 8.23. The van der Waals surface area contributed by atoms with Crippen molar-refractivity contribution in [2.45, 2.75) is 36.6 Å². The molecule has 100 valence electrons. The topological polar surface area (TPSA) is 46.2 Å². The summed E-state index contributed by atoms with van der Waals surface area (Å²) in [6, 6.07) is 4.75. The third-order valence-electron chi connectivity index (χ3n) is 3.55. The first-order valence-corrected chi connectivity index (χ1v) is 7.57. The number of halogens is 2. The minimum absolute atomic E-state index is 0.0438. The second-order valence-corrected chi connectivity index (χ2v) is 7.40. The predicted molar refractivity (Wildman–Crippen MR) is 68.5 cm³/mol. The van der Waals surface area contributed by atoms with Gasteiger partial charge in [-0.1, -0.05) is 19.9 Å². The van der Waals surface area contributed by atoms with Crippen molar-refractivity contribution in [1.82, 2.24) is 4.72 Å². The van der Waals surface area contributed by atoms with Crippen molar-refractivity contribution in [3.05, 3.63) is 30.1 Å². The van der Waals surface area contributed by atoms with Gasteiger partial charge in [-0.05, 0) is 30.0 Å². The third kappa shape index (κ3) is 2.39. The smallest absolute Gasteiger partial charge is 0.207 e. The zero-order chi connectivity index (χ0) is 13.6. The van der Waals surface area contributed by atoms with E-state index in [2.05, 4.69) is 4.72 Å². The number of nitrogens with one attached hydrogen (secondary N) is 1. The van der Waals surface area contributed by atoms with E-state index >= 15 is 0 Å². The van der Waals surface area contributed by atoms with Crippen LogP contribution in [-0.2, 0) is 10.0 Å². The average molecular weight is 292 g/mol. The Bertz CT molecular complexity index is 559. The molecular formula is C12H15ClFNO2S. The van der Waals surface area contributed by atoms with Gasteiger partial charge in [-0.15, -0.1) is 11.6 Å². The van der Waals surface area contributed by atoms with E-state index in [0.717, 1.165) is 6.07 Å². The average Bonchev–Trinajstić information content (AvgIpc) is 2.28. The molecule has 1 N–H and O–H groups in total. The first kappa shape index (κ1) is 13.8. The molecule has 18 heavy (non-hydrogen) atoms. The standard InChI is InChI=1S/C12H15ClFNO2S/c1-12(2)10(13)7-11(12)15-18(16,17)9-5-3-4-8(14)6-9/h3-6,10-11,15H,7H2,1-2H3. The van der Waals surface area contributed by atoms with Crippen LogP contribution in [0.15, 0.2) is 29.2 Å². The molecule has 1 saturated carbocycles. The Labute approximate surface area is 111 Å². The minimum atomic E-state index is -3.69. The van der Waals surface area contributed by atoms with Crippen LogP contribution in [0.5, 0.6) is 0 Å². The van der Waals surface area contributed by atoms with Gasteiger partial charge < -0.3 is 0 Å². The van der Waals surface area contributed by atoms with Gasteiger partial charge in [0, 0.05) is 11.4 Å². The molecule has 1 aliphatic rings. The quantitative estimate of drug-likeness (QED) is 0.870. The summed E-state index contributed by atoms with van der Waals surface area (Å²) in [5.74, 6) is -0.569. The second-order valence-electron chi connectivity index (χ2n) is 5.16. The molecule has 0 aliphatic heterocycles. The Balaban J connectivity index is 2.19. The molecule has 0 radical (unpaired) electrons. The Morgan fingerprint density at radius 3 is 2.61 bits per heavy atom. The molecule has 3 nitrogen and oxygen atoms in total. The van der Waals surface area contributed by atoms with E-state index in [-0.39, 0.29) is 21.7 Å². The first-order valence-electron chi connectivity index (χ1n) is 5.65. The van der Waals surface area contributed by atoms with Crippen molar-refractivity contribution in [2.24, 2.45) is 5.41 Å². The fraction of sp³-hybridized carbons (Fsp3) is 0.500. The van der Waals surface area contributed by atoms with Crippen LogP contribution in [0.1, 0.15) is 20.3 Å². The van der Waals surface area contributed by atoms with Crippen molar-refractivity contribution in [2.75, 3.05) is 0 Å². The van der Waals surface area contributed by atoms with Crippen molar-refractivity contribution in [1.29, 1.82) is 0 Å². The maximum atomic E-state index is 13.0. The number of sulfonamides is 1. The fourth-order valence-corrected chi connectivity index (χ4v) is 3.73. The molecule has 1 aromatic carbocycles. The fourth-order valence-electron chi connectivity index (χ4n) is 1.96. The number of rotatable bonds is 3. The molecule has 0 aromatic heterocycles. The van der Waals surface area contributed by atoms with Gasteiger partial charge in [0.05, 0.1) is 4.90 Å². The SMILES string of the molecule is CC1(C)C(Cl)CC1NS(=O)(=O)c1cccc(F)c1. The van der Waals surface area contributed by atoms with Crippen molar-refractivity contribution in [3.8, 4) is 0 Å². The molecule has 1 aromatic rings. The van der Waals surface area contributed by atoms with Gasteiger partial charge in [0.2, 0.25) is 10.0 Å². The minimum Gasteiger partial charge on any atom is -0.207 e. The zero-order valence-electron chi connectivity index (χ0n) is 10.2. The highest BCUT2D eigenvalue weighted by Crippen LogP contribution is 2.44. The van der Waals surface area contributed by atoms with Crippen LogP contribution in [0.2, 0.25) is 0 Å². The van der Waals surface area contributed by atoms with Crippen molar-refractivity contribution in [3.63, 3.8) is 0 Å². The highest BCUT2D eigenvalue weighted by Gasteiger charge is 2.48. The predicted octanol–water partition coefficient (Wildman–Crippen LogP) is 2.51. The lowest BCUT2D eigenvalue weighted by Crippen LogP contribution is -2.59. The summed E-state index contributed by atoms with van der Waals surface area (Å²) in [7, 11) is -3.69. The van der Waals surface area contributed by atoms with E-state index in [9.17, 15) is 12.8 Å². The van der Waals surface area contributed by atoms with Gasteiger partial charge in [0.25, 0.3) is 0 Å². The van der Waals surface area contributed by atoms with Gasteiger partial charge >= 0.3 is 0 Å². The van der Waals surface area contributed by atoms with E-state index in [0.29, 0.717) is 6.42 Å². The van der Waals surface area contributed by atoms with Crippen LogP contribution in [0, 0.1) is 11.2 Å². The summed E-state index contributed by atoms with van der Waals surface area (Å²) in [6.07, 6.45) is 0.586. The molecule has 1 aliphatic carbocycles. The van der Waals surface area contributed by atoms with Gasteiger partial charge in [0.1, 0.15) is 5.82 Å². The summed E-state index contributed by atoms with van der Waals surface area (Å²) in [5.41, 5.74) is -0.290. The maximum Gasteiger partial charge on any atom is 0.240 e. The van der Waals surface area contributed by atoms with Gasteiger partial charge in [-0.3, -0.25) is 0 Å². The van der Waals surface area contributed by atoms with E-state index < -0.39 is 15.8 Å². The molecular weight excluding hydrogens is 277 g/mol. The molecule has 0 heterocycles. The van der Waals surface area contributed by atoms with Gasteiger partial charge in [-0.2, -0.15) is 0 Å². The highest BCUT2D eigenvalue weighted by atomic mass is 35.5. The van der Waals surface area contributed by atoms with Gasteiger partial charge in [-0.25, -0.2) is 17.5 Å². The molecule has 2 rings (SSSR count). The summed E-state index contributed by atoms with van der Waals surface area (Å²) in [4.78, 5) is -0.0590. The molecule has 6 heteroatoms. The molecule has 0 amide bonds. The lowest BCUT2D eigenvalue weighted by molar-refractivity contribution is 0.137. The zero-order valence-corrected chi connectivity index (χ0v) is 11.7. The van der Waals surface area contributed by atoms with Crippen molar-refractivity contribution < 1.29 is 12.8 Å². The van der Waals surface area contributed by atoms with Crippen LogP contribution < -0.4 is 4.72 Å². The molecule has 2 atom stereocenters. The highest BCUT2D eigenvalue weighted by molar-refractivity contribution is 7.89. The lowest BCUT2D eigenvalue weighted by atomic mass is 9.67. The maximum absolute atomic E-state index is 13.0. The van der Waals surface area contributed by atoms with Crippen LogP contribution in [-0.4, -0.2) is 19.8 Å². The largest absolute Gasteiger partial charge is 0.240 e. The third-order valence-corrected chi connectivity index (χ3v) is 5.76. The van der Waals surface area contributed by atoms with E-state index in [1.165, 1.54) is 18.2 Å². The Morgan fingerprint density at radius 2 is 2.11 bits per heavy atom. The van der Waals surface area contributed by atoms with Crippen molar-refractivity contribution >= 4 is 21.6 Å². The number of alkyl halides is 1. The van der Waals surface area contributed by atoms with E-state index in [1.54, 1.807) is 0 Å². The van der Waals surface area contributed by atoms with Crippen LogP contribution >= 0.6 is 11.6 Å². The van der Waals surface area contributed by atoms with Crippen LogP contribution in [0.3, 0.4) is 0 Å². The number of hydrogen-bond donors (Lipinski definition) is 1. The van der Waals surface area contributed by atoms with E-state index in [1.807, 2.05) is 13.8 Å².